The number of carbonyl (C=O) groups excluding carboxylic acids is 2. The fourth-order valence-electron chi connectivity index (χ4n) is 3.57. The minimum atomic E-state index is -0.561. The molecule has 8 heteroatoms. The van der Waals surface area contributed by atoms with E-state index >= 15 is 0 Å². The first-order chi connectivity index (χ1) is 12.6. The summed E-state index contributed by atoms with van der Waals surface area (Å²) in [6.45, 7) is 0.814. The van der Waals surface area contributed by atoms with Gasteiger partial charge in [0.05, 0.1) is 5.70 Å². The average Bonchev–Trinajstić information content (AvgIpc) is 3.18. The summed E-state index contributed by atoms with van der Waals surface area (Å²) in [6, 6.07) is 8.93. The second kappa shape index (κ2) is 6.45. The predicted octanol–water partition coefficient (Wildman–Crippen LogP) is 0.621. The SMILES string of the molecule is CN1C(=O)NC(=O)C2C1N=C1N(CCCCO)C(c3ccccc3)=CN12. The minimum Gasteiger partial charge on any atom is -0.396 e. The summed E-state index contributed by atoms with van der Waals surface area (Å²) in [6.07, 6.45) is 2.89. The maximum Gasteiger partial charge on any atom is 0.325 e. The number of carbonyl (C=O) groups is 2. The number of hydrogen-bond acceptors (Lipinski definition) is 6. The van der Waals surface area contributed by atoms with Crippen LogP contribution in [0.25, 0.3) is 5.70 Å². The van der Waals surface area contributed by atoms with Gasteiger partial charge in [0.25, 0.3) is 5.91 Å². The maximum absolute atomic E-state index is 12.4. The van der Waals surface area contributed by atoms with E-state index in [1.54, 1.807) is 7.05 Å². The van der Waals surface area contributed by atoms with Gasteiger partial charge < -0.3 is 19.8 Å². The number of rotatable bonds is 5. The van der Waals surface area contributed by atoms with Crippen LogP contribution in [0.2, 0.25) is 0 Å². The largest absolute Gasteiger partial charge is 0.396 e. The van der Waals surface area contributed by atoms with E-state index in [0.29, 0.717) is 18.9 Å². The van der Waals surface area contributed by atoms with E-state index in [1.165, 1.54) is 4.90 Å². The molecule has 0 saturated carbocycles. The molecule has 0 aromatic heterocycles. The van der Waals surface area contributed by atoms with Crippen molar-refractivity contribution in [3.05, 3.63) is 42.1 Å². The zero-order valence-corrected chi connectivity index (χ0v) is 14.5. The van der Waals surface area contributed by atoms with Gasteiger partial charge in [-0.3, -0.25) is 10.1 Å². The van der Waals surface area contributed by atoms with Crippen LogP contribution >= 0.6 is 0 Å². The van der Waals surface area contributed by atoms with Crippen molar-refractivity contribution in [2.75, 3.05) is 20.2 Å². The van der Waals surface area contributed by atoms with E-state index in [2.05, 4.69) is 15.2 Å². The summed E-state index contributed by atoms with van der Waals surface area (Å²) in [5.41, 5.74) is 2.00. The molecule has 2 N–H and O–H groups in total. The van der Waals surface area contributed by atoms with Crippen molar-refractivity contribution < 1.29 is 14.7 Å². The second-order valence-corrected chi connectivity index (χ2v) is 6.56. The number of nitrogens with zero attached hydrogens (tertiary/aromatic N) is 4. The molecule has 3 aliphatic rings. The van der Waals surface area contributed by atoms with Gasteiger partial charge in [-0.25, -0.2) is 9.79 Å². The Morgan fingerprint density at radius 2 is 1.96 bits per heavy atom. The van der Waals surface area contributed by atoms with Gasteiger partial charge in [0, 0.05) is 26.4 Å². The van der Waals surface area contributed by atoms with Crippen LogP contribution < -0.4 is 5.32 Å². The lowest BCUT2D eigenvalue weighted by molar-refractivity contribution is -0.126. The molecule has 1 fully saturated rings. The van der Waals surface area contributed by atoms with Gasteiger partial charge in [-0.2, -0.15) is 0 Å². The molecule has 0 aliphatic carbocycles. The minimum absolute atomic E-state index is 0.138. The molecule has 2 unspecified atom stereocenters. The van der Waals surface area contributed by atoms with E-state index in [-0.39, 0.29) is 12.5 Å². The topological polar surface area (TPSA) is 88.5 Å². The summed E-state index contributed by atoms with van der Waals surface area (Å²) in [7, 11) is 1.64. The van der Waals surface area contributed by atoms with E-state index in [1.807, 2.05) is 41.4 Å². The number of likely N-dealkylation sites (N-methyl/N-ethyl adjacent to an activating group) is 1. The average molecular weight is 355 g/mol. The van der Waals surface area contributed by atoms with Crippen LogP contribution in [0.3, 0.4) is 0 Å². The molecule has 0 spiro atoms. The van der Waals surface area contributed by atoms with Crippen molar-refractivity contribution in [2.45, 2.75) is 25.0 Å². The van der Waals surface area contributed by atoms with Gasteiger partial charge in [-0.15, -0.1) is 0 Å². The van der Waals surface area contributed by atoms with Gasteiger partial charge in [0.1, 0.15) is 0 Å². The van der Waals surface area contributed by atoms with Crippen molar-refractivity contribution in [1.82, 2.24) is 20.0 Å². The summed E-state index contributed by atoms with van der Waals surface area (Å²) in [4.78, 5) is 34.4. The summed E-state index contributed by atoms with van der Waals surface area (Å²) < 4.78 is 0. The Labute approximate surface area is 151 Å². The number of hydrogen-bond donors (Lipinski definition) is 2. The highest BCUT2D eigenvalue weighted by atomic mass is 16.3. The van der Waals surface area contributed by atoms with E-state index in [9.17, 15) is 9.59 Å². The molecule has 0 radical (unpaired) electrons. The van der Waals surface area contributed by atoms with Crippen LogP contribution in [0.4, 0.5) is 4.79 Å². The first-order valence-corrected chi connectivity index (χ1v) is 8.71. The van der Waals surface area contributed by atoms with E-state index in [0.717, 1.165) is 17.7 Å². The third-order valence-electron chi connectivity index (χ3n) is 4.93. The molecule has 8 nitrogen and oxygen atoms in total. The van der Waals surface area contributed by atoms with Crippen molar-refractivity contribution in [1.29, 1.82) is 0 Å². The smallest absolute Gasteiger partial charge is 0.325 e. The van der Waals surface area contributed by atoms with Crippen LogP contribution in [0.15, 0.2) is 41.5 Å². The normalized spacial score (nSPS) is 24.3. The maximum atomic E-state index is 12.4. The van der Waals surface area contributed by atoms with Crippen LogP contribution in [0.1, 0.15) is 18.4 Å². The number of amides is 3. The Balaban J connectivity index is 1.70. The van der Waals surface area contributed by atoms with Gasteiger partial charge in [0.15, 0.2) is 12.2 Å². The number of nitrogens with one attached hydrogen (secondary N) is 1. The Kier molecular flexibility index (Phi) is 4.12. The number of guanidine groups is 1. The quantitative estimate of drug-likeness (QED) is 0.756. The first kappa shape index (κ1) is 16.6. The molecule has 0 bridgehead atoms. The second-order valence-electron chi connectivity index (χ2n) is 6.56. The molecule has 1 aromatic rings. The van der Waals surface area contributed by atoms with Crippen molar-refractivity contribution in [3.8, 4) is 0 Å². The number of aliphatic imine (C=N–C) groups is 1. The zero-order valence-electron chi connectivity index (χ0n) is 14.5. The molecule has 2 atom stereocenters. The number of aliphatic hydroxyl groups is 1. The Morgan fingerprint density at radius 3 is 2.69 bits per heavy atom. The fraction of sp³-hybridized carbons (Fsp3) is 0.389. The first-order valence-electron chi connectivity index (χ1n) is 8.71. The Bertz CT molecular complexity index is 791. The standard InChI is InChI=1S/C18H21N5O3/c1-21-15-14(16(25)20-18(21)26)23-11-13(12-7-3-2-4-8-12)22(17(23)19-15)9-5-6-10-24/h2-4,7-8,11,14-15,24H,5-6,9-10H2,1H3,(H,20,25,26). The highest BCUT2D eigenvalue weighted by Crippen LogP contribution is 2.35. The van der Waals surface area contributed by atoms with Crippen LogP contribution in [0.5, 0.6) is 0 Å². The number of imide groups is 1. The van der Waals surface area contributed by atoms with Crippen LogP contribution in [-0.2, 0) is 4.79 Å². The molecule has 3 heterocycles. The van der Waals surface area contributed by atoms with Gasteiger partial charge in [0.2, 0.25) is 5.96 Å². The summed E-state index contributed by atoms with van der Waals surface area (Å²) in [5, 5.41) is 11.5. The van der Waals surface area contributed by atoms with Gasteiger partial charge in [-0.05, 0) is 18.4 Å². The molecule has 3 aliphatic heterocycles. The molecule has 4 rings (SSSR count). The van der Waals surface area contributed by atoms with Crippen LogP contribution in [0, 0.1) is 0 Å². The highest BCUT2D eigenvalue weighted by molar-refractivity contribution is 6.06. The third-order valence-corrected chi connectivity index (χ3v) is 4.93. The van der Waals surface area contributed by atoms with Crippen molar-refractivity contribution >= 4 is 23.6 Å². The zero-order chi connectivity index (χ0) is 18.3. The molecular weight excluding hydrogens is 334 g/mol. The molecule has 26 heavy (non-hydrogen) atoms. The van der Waals surface area contributed by atoms with Crippen molar-refractivity contribution in [3.63, 3.8) is 0 Å². The Morgan fingerprint density at radius 1 is 1.19 bits per heavy atom. The fourth-order valence-corrected chi connectivity index (χ4v) is 3.57. The van der Waals surface area contributed by atoms with E-state index < -0.39 is 18.2 Å². The van der Waals surface area contributed by atoms with E-state index in [4.69, 9.17) is 5.11 Å². The highest BCUT2D eigenvalue weighted by Gasteiger charge is 2.51. The number of aliphatic hydroxyl groups excluding tert-OH is 1. The molecule has 1 saturated heterocycles. The third kappa shape index (κ3) is 2.53. The monoisotopic (exact) mass is 355 g/mol. The summed E-state index contributed by atoms with van der Waals surface area (Å²) in [5.74, 6) is 0.339. The van der Waals surface area contributed by atoms with Gasteiger partial charge in [-0.1, -0.05) is 30.3 Å². The summed E-state index contributed by atoms with van der Waals surface area (Å²) >= 11 is 0. The molecule has 1 aromatic carbocycles. The lowest BCUT2D eigenvalue weighted by Crippen LogP contribution is -2.62. The lowest BCUT2D eigenvalue weighted by atomic mass is 10.1. The van der Waals surface area contributed by atoms with Gasteiger partial charge >= 0.3 is 6.03 Å². The number of benzene rings is 1. The van der Waals surface area contributed by atoms with Crippen LogP contribution in [-0.4, -0.2) is 70.1 Å². The number of unbranched alkanes of at least 4 members (excludes halogenated alkanes) is 1. The predicted molar refractivity (Wildman–Crippen MR) is 95.6 cm³/mol. The Hall–Kier alpha value is -2.87. The van der Waals surface area contributed by atoms with Crippen molar-refractivity contribution in [2.24, 2.45) is 4.99 Å². The lowest BCUT2D eigenvalue weighted by Gasteiger charge is -2.34. The molecular formula is C18H21N5O3. The molecule has 136 valence electrons. The number of fused-ring (bicyclic) bond motifs is 3. The number of urea groups is 1. The molecule has 3 amide bonds.